The maximum absolute atomic E-state index is 12.0. The molecule has 2 aromatic heterocycles. The number of thiophene rings is 2. The number of terminal acetylenes is 1. The minimum Gasteiger partial charge on any atom is -0.396 e. The van der Waals surface area contributed by atoms with Crippen molar-refractivity contribution in [2.75, 3.05) is 33.0 Å². The third-order valence-corrected chi connectivity index (χ3v) is 5.91. The van der Waals surface area contributed by atoms with E-state index in [1.165, 1.54) is 17.2 Å². The Morgan fingerprint density at radius 1 is 1.02 bits per heavy atom. The molecule has 0 aromatic carbocycles. The SMILES string of the molecule is C#CC.C1CO1.CCOCC.FB(F)F.FC(F)(F)c1cc(Br)cs1.OCCc1csc(C(F)(F)F)c1.S=S=S.[CH2-]CCC.[Li+]. The van der Waals surface area contributed by atoms with E-state index in [1.807, 2.05) is 13.8 Å². The molecule has 0 amide bonds. The third-order valence-electron chi connectivity index (χ3n) is 3.15. The zero-order valence-electron chi connectivity index (χ0n) is 25.4. The molecule has 1 N–H and O–H groups in total. The first-order valence-electron chi connectivity index (χ1n) is 12.2. The molecule has 0 radical (unpaired) electrons. The van der Waals surface area contributed by atoms with Crippen LogP contribution in [-0.2, 0) is 59.5 Å². The topological polar surface area (TPSA) is 42.0 Å². The van der Waals surface area contributed by atoms with Crippen LogP contribution < -0.4 is 18.9 Å². The number of ether oxygens (including phenoxy) is 2. The van der Waals surface area contributed by atoms with E-state index in [1.54, 1.807) is 6.92 Å². The summed E-state index contributed by atoms with van der Waals surface area (Å²) in [6.45, 7) is 14.9. The van der Waals surface area contributed by atoms with E-state index in [0.29, 0.717) is 32.7 Å². The number of alkyl halides is 6. The van der Waals surface area contributed by atoms with Crippen LogP contribution in [0.15, 0.2) is 27.4 Å². The molecule has 45 heavy (non-hydrogen) atoms. The fraction of sp³-hybridized carbons (Fsp3) is 0.560. The summed E-state index contributed by atoms with van der Waals surface area (Å²) < 4.78 is 110. The molecule has 0 unspecified atom stereocenters. The van der Waals surface area contributed by atoms with E-state index < -0.39 is 29.7 Å². The summed E-state index contributed by atoms with van der Waals surface area (Å²) in [7, 11) is -2.75. The molecule has 0 atom stereocenters. The summed E-state index contributed by atoms with van der Waals surface area (Å²) in [4.78, 5) is -1.18. The molecule has 0 spiro atoms. The van der Waals surface area contributed by atoms with Gasteiger partial charge >= 0.3 is 38.8 Å². The summed E-state index contributed by atoms with van der Waals surface area (Å²) in [5, 5.41) is 11.3. The maximum Gasteiger partial charge on any atom is 1.00 e. The van der Waals surface area contributed by atoms with Crippen molar-refractivity contribution < 1.29 is 72.7 Å². The number of unbranched alkanes of at least 4 members (excludes halogenated alkanes) is 1. The first kappa shape index (κ1) is 57.3. The average Bonchev–Trinajstić information content (AvgIpc) is 3.60. The Balaban J connectivity index is -0.000000104. The van der Waals surface area contributed by atoms with Crippen molar-refractivity contribution in [2.24, 2.45) is 0 Å². The Kier molecular flexibility index (Phi) is 51.2. The van der Waals surface area contributed by atoms with Crippen molar-refractivity contribution in [1.29, 1.82) is 0 Å². The molecular weight excluding hydrogens is 777 g/mol. The molecular formula is C25H36BBrF9LiO3S5. The molecule has 3 heterocycles. The Labute approximate surface area is 302 Å². The van der Waals surface area contributed by atoms with Gasteiger partial charge in [0.25, 0.3) is 0 Å². The Morgan fingerprint density at radius 3 is 1.51 bits per heavy atom. The molecule has 0 bridgehead atoms. The minimum atomic E-state index is -4.25. The molecule has 3 nitrogen and oxygen atoms in total. The van der Waals surface area contributed by atoms with Crippen molar-refractivity contribution in [3.05, 3.63) is 49.6 Å². The Bertz CT molecular complexity index is 944. The van der Waals surface area contributed by atoms with Crippen molar-refractivity contribution >= 4 is 77.4 Å². The van der Waals surface area contributed by atoms with Crippen LogP contribution >= 0.6 is 38.6 Å². The Morgan fingerprint density at radius 2 is 1.36 bits per heavy atom. The summed E-state index contributed by atoms with van der Waals surface area (Å²) in [5.41, 5.74) is 0.537. The normalized spacial score (nSPS) is 10.1. The van der Waals surface area contributed by atoms with Gasteiger partial charge in [0.05, 0.1) is 13.2 Å². The second-order valence-corrected chi connectivity index (χ2v) is 11.3. The van der Waals surface area contributed by atoms with E-state index >= 15 is 0 Å². The van der Waals surface area contributed by atoms with Gasteiger partial charge in [0, 0.05) is 60.9 Å². The predicted octanol–water partition coefficient (Wildman–Crippen LogP) is 7.03. The van der Waals surface area contributed by atoms with Gasteiger partial charge in [-0.25, -0.2) is 0 Å². The maximum atomic E-state index is 12.0. The molecule has 20 heteroatoms. The largest absolute Gasteiger partial charge is 1.00 e. The van der Waals surface area contributed by atoms with Crippen molar-refractivity contribution in [3.63, 3.8) is 0 Å². The molecule has 3 rings (SSSR count). The van der Waals surface area contributed by atoms with Gasteiger partial charge in [-0.3, -0.25) is 12.9 Å². The number of aliphatic hydroxyl groups excluding tert-OH is 1. The molecule has 0 aliphatic carbocycles. The number of hydrogen-bond acceptors (Lipinski definition) is 7. The molecule has 258 valence electrons. The van der Waals surface area contributed by atoms with E-state index in [0.717, 1.165) is 53.9 Å². The monoisotopic (exact) mass is 812 g/mol. The van der Waals surface area contributed by atoms with Gasteiger partial charge in [0.1, 0.15) is 9.75 Å². The van der Waals surface area contributed by atoms with Crippen LogP contribution in [-0.4, -0.2) is 45.7 Å². The number of epoxide rings is 1. The fourth-order valence-corrected chi connectivity index (χ4v) is 3.56. The van der Waals surface area contributed by atoms with Crippen LogP contribution in [0.1, 0.15) is 55.9 Å². The second kappa shape index (κ2) is 40.2. The summed E-state index contributed by atoms with van der Waals surface area (Å²) in [6, 6.07) is 2.13. The number of aliphatic hydroxyl groups is 1. The fourth-order valence-electron chi connectivity index (χ4n) is 1.45. The van der Waals surface area contributed by atoms with Gasteiger partial charge in [-0.05, 0) is 66.2 Å². The standard InChI is InChI=1S/C7H7F3OS.C5H2BrF3S.C4H10O.C4H9.C3H4.C2H4O.BF3.Li.S3/c8-7(9,10)6-3-5(1-2-11)4-12-6;6-3-1-4(10-2-3)5(7,8)9;1-3-5-4-2;1-3-4-2;1-3-2;1-2-3-1;2-1(3)4;;1-3-2/h3-4,11H,1-2H2;1-2H;3-4H2,1-2H3;1,3-4H2,2H3;1H,2H3;1-2H2;;;/q;;;-1;;;;+1;. The Hall–Kier alpha value is 0.0123. The van der Waals surface area contributed by atoms with Gasteiger partial charge in [0.15, 0.2) is 0 Å². The number of halogens is 10. The van der Waals surface area contributed by atoms with E-state index in [9.17, 15) is 39.3 Å². The number of hydrogen-bond donors (Lipinski definition) is 1. The quantitative estimate of drug-likeness (QED) is 0.116. The van der Waals surface area contributed by atoms with Crippen LogP contribution in [0.3, 0.4) is 0 Å². The van der Waals surface area contributed by atoms with Gasteiger partial charge < -0.3 is 21.5 Å². The minimum absolute atomic E-state index is 0. The zero-order valence-corrected chi connectivity index (χ0v) is 31.1. The van der Waals surface area contributed by atoms with E-state index in [4.69, 9.17) is 9.84 Å². The van der Waals surface area contributed by atoms with Gasteiger partial charge in [0.2, 0.25) is 0 Å². The van der Waals surface area contributed by atoms with E-state index in [2.05, 4.69) is 69.2 Å². The molecule has 2 aromatic rings. The molecule has 1 aliphatic rings. The van der Waals surface area contributed by atoms with E-state index in [-0.39, 0.29) is 31.9 Å². The van der Waals surface area contributed by atoms with Crippen molar-refractivity contribution in [3.8, 4) is 12.3 Å². The molecule has 1 saturated heterocycles. The van der Waals surface area contributed by atoms with Crippen LogP contribution in [0.4, 0.5) is 39.3 Å². The summed E-state index contributed by atoms with van der Waals surface area (Å²) in [6.07, 6.45) is -1.29. The molecule has 1 fully saturated rings. The first-order chi connectivity index (χ1) is 20.4. The summed E-state index contributed by atoms with van der Waals surface area (Å²) in [5.74, 6) is 2.25. The first-order valence-corrected chi connectivity index (χ1v) is 17.4. The van der Waals surface area contributed by atoms with Crippen LogP contribution in [0, 0.1) is 19.3 Å². The van der Waals surface area contributed by atoms with Crippen LogP contribution in [0.2, 0.25) is 0 Å². The smallest absolute Gasteiger partial charge is 0.396 e. The predicted molar refractivity (Wildman–Crippen MR) is 176 cm³/mol. The second-order valence-electron chi connectivity index (χ2n) is 6.77. The van der Waals surface area contributed by atoms with Crippen molar-refractivity contribution in [2.45, 2.75) is 59.3 Å². The third kappa shape index (κ3) is 56.7. The van der Waals surface area contributed by atoms with Gasteiger partial charge in [-0.1, -0.05) is 13.3 Å². The number of rotatable bonds is 5. The van der Waals surface area contributed by atoms with Crippen molar-refractivity contribution in [1.82, 2.24) is 0 Å². The van der Waals surface area contributed by atoms with Crippen LogP contribution in [0.5, 0.6) is 0 Å². The van der Waals surface area contributed by atoms with Gasteiger partial charge in [-0.2, -0.15) is 32.8 Å². The zero-order chi connectivity index (χ0) is 35.6. The summed E-state index contributed by atoms with van der Waals surface area (Å²) >= 11 is 12.5. The van der Waals surface area contributed by atoms with Crippen LogP contribution in [0.25, 0.3) is 0 Å². The van der Waals surface area contributed by atoms with Gasteiger partial charge in [-0.15, -0.1) is 35.0 Å². The molecule has 1 aliphatic heterocycles. The average molecular weight is 814 g/mol. The molecule has 0 saturated carbocycles.